The molecule has 0 aliphatic heterocycles. The number of halogens is 1. The molecule has 0 atom stereocenters. The summed E-state index contributed by atoms with van der Waals surface area (Å²) in [4.78, 5) is 12.3. The lowest BCUT2D eigenvalue weighted by Crippen LogP contribution is -2.15. The molecular formula is C16H14ClN5O. The van der Waals surface area contributed by atoms with Gasteiger partial charge in [-0.3, -0.25) is 4.79 Å². The zero-order valence-electron chi connectivity index (χ0n) is 12.3. The molecule has 0 saturated heterocycles. The number of amides is 1. The molecule has 0 spiro atoms. The van der Waals surface area contributed by atoms with Crippen molar-refractivity contribution in [3.05, 3.63) is 64.8 Å². The second-order valence-corrected chi connectivity index (χ2v) is 5.42. The Morgan fingerprint density at radius 1 is 1.22 bits per heavy atom. The van der Waals surface area contributed by atoms with Gasteiger partial charge >= 0.3 is 0 Å². The van der Waals surface area contributed by atoms with E-state index >= 15 is 0 Å². The number of benzene rings is 2. The summed E-state index contributed by atoms with van der Waals surface area (Å²) in [5.74, 6) is -0.261. The number of aromatic nitrogens is 3. The molecule has 0 bridgehead atoms. The lowest BCUT2D eigenvalue weighted by molar-refractivity contribution is 0.102. The van der Waals surface area contributed by atoms with Crippen molar-refractivity contribution in [1.29, 1.82) is 0 Å². The van der Waals surface area contributed by atoms with Crippen molar-refractivity contribution < 1.29 is 4.79 Å². The topological polar surface area (TPSA) is 85.8 Å². The minimum absolute atomic E-state index is 0.0632. The van der Waals surface area contributed by atoms with Crippen LogP contribution in [-0.2, 0) is 0 Å². The number of nitrogens with two attached hydrogens (primary N) is 1. The number of carbonyl (C=O) groups is 1. The van der Waals surface area contributed by atoms with Crippen molar-refractivity contribution in [3.8, 4) is 5.69 Å². The maximum atomic E-state index is 12.3. The average Bonchev–Trinajstić information content (AvgIpc) is 2.89. The number of nitrogens with zero attached hydrogens (tertiary/aromatic N) is 3. The van der Waals surface area contributed by atoms with Gasteiger partial charge in [-0.15, -0.1) is 5.10 Å². The number of carbonyl (C=O) groups excluding carboxylic acids is 1. The normalized spacial score (nSPS) is 10.5. The first-order valence-corrected chi connectivity index (χ1v) is 7.28. The molecule has 0 fully saturated rings. The monoisotopic (exact) mass is 327 g/mol. The Morgan fingerprint density at radius 2 is 2.00 bits per heavy atom. The van der Waals surface area contributed by atoms with E-state index in [-0.39, 0.29) is 11.5 Å². The van der Waals surface area contributed by atoms with Gasteiger partial charge in [-0.1, -0.05) is 41.1 Å². The number of hydrogen-bond acceptors (Lipinski definition) is 4. The van der Waals surface area contributed by atoms with Gasteiger partial charge in [0, 0.05) is 10.7 Å². The fourth-order valence-electron chi connectivity index (χ4n) is 2.19. The smallest absolute Gasteiger partial charge is 0.280 e. The number of nitrogen functional groups attached to an aromatic ring is 1. The third-order valence-corrected chi connectivity index (χ3v) is 3.58. The van der Waals surface area contributed by atoms with Gasteiger partial charge in [0.05, 0.1) is 5.69 Å². The number of nitrogens with one attached hydrogen (secondary N) is 1. The van der Waals surface area contributed by atoms with Crippen molar-refractivity contribution in [2.45, 2.75) is 6.92 Å². The molecule has 3 rings (SSSR count). The molecule has 7 heteroatoms. The fourth-order valence-corrected chi connectivity index (χ4v) is 2.38. The molecule has 0 aliphatic rings. The van der Waals surface area contributed by atoms with Crippen LogP contribution in [0.25, 0.3) is 5.69 Å². The van der Waals surface area contributed by atoms with Crippen LogP contribution >= 0.6 is 11.6 Å². The molecule has 2 aromatic carbocycles. The highest BCUT2D eigenvalue weighted by Gasteiger charge is 2.19. The first-order valence-electron chi connectivity index (χ1n) is 6.90. The van der Waals surface area contributed by atoms with Crippen LogP contribution in [0.4, 0.5) is 11.5 Å². The summed E-state index contributed by atoms with van der Waals surface area (Å²) in [6, 6.07) is 14.4. The Labute approximate surface area is 137 Å². The van der Waals surface area contributed by atoms with E-state index in [4.69, 9.17) is 17.3 Å². The highest BCUT2D eigenvalue weighted by molar-refractivity contribution is 6.31. The molecule has 0 unspecified atom stereocenters. The first-order chi connectivity index (χ1) is 11.1. The Balaban J connectivity index is 1.90. The van der Waals surface area contributed by atoms with Crippen LogP contribution in [0.1, 0.15) is 16.1 Å². The Bertz CT molecular complexity index is 874. The SMILES string of the molecule is Cc1ccccc1-n1nnc(C(=O)Nc2cccc(Cl)c2)c1N. The number of rotatable bonds is 3. The van der Waals surface area contributed by atoms with Gasteiger partial charge in [0.15, 0.2) is 11.5 Å². The summed E-state index contributed by atoms with van der Waals surface area (Å²) >= 11 is 5.90. The standard InChI is InChI=1S/C16H14ClN5O/c1-10-5-2-3-8-13(10)22-15(18)14(20-21-22)16(23)19-12-7-4-6-11(17)9-12/h2-9H,18H2,1H3,(H,19,23). The minimum atomic E-state index is -0.440. The maximum absolute atomic E-state index is 12.3. The quantitative estimate of drug-likeness (QED) is 0.774. The third-order valence-electron chi connectivity index (χ3n) is 3.35. The fraction of sp³-hybridized carbons (Fsp3) is 0.0625. The number of aryl methyl sites for hydroxylation is 1. The van der Waals surface area contributed by atoms with E-state index in [0.717, 1.165) is 11.3 Å². The van der Waals surface area contributed by atoms with Crippen molar-refractivity contribution in [1.82, 2.24) is 15.0 Å². The molecule has 1 amide bonds. The molecule has 3 aromatic rings. The molecule has 116 valence electrons. The molecule has 0 radical (unpaired) electrons. The van der Waals surface area contributed by atoms with Crippen LogP contribution in [0.15, 0.2) is 48.5 Å². The van der Waals surface area contributed by atoms with Gasteiger partial charge < -0.3 is 11.1 Å². The Morgan fingerprint density at radius 3 is 2.74 bits per heavy atom. The van der Waals surface area contributed by atoms with E-state index < -0.39 is 5.91 Å². The molecular weight excluding hydrogens is 314 g/mol. The summed E-state index contributed by atoms with van der Waals surface area (Å²) in [6.45, 7) is 1.93. The number of anilines is 2. The first kappa shape index (κ1) is 15.1. The van der Waals surface area contributed by atoms with Crippen LogP contribution in [0.2, 0.25) is 5.02 Å². The summed E-state index contributed by atoms with van der Waals surface area (Å²) < 4.78 is 1.45. The maximum Gasteiger partial charge on any atom is 0.280 e. The van der Waals surface area contributed by atoms with Crippen LogP contribution in [0, 0.1) is 6.92 Å². The van der Waals surface area contributed by atoms with Gasteiger partial charge in [0.1, 0.15) is 0 Å². The second-order valence-electron chi connectivity index (χ2n) is 4.99. The van der Waals surface area contributed by atoms with E-state index in [0.29, 0.717) is 10.7 Å². The van der Waals surface area contributed by atoms with Crippen LogP contribution in [0.3, 0.4) is 0 Å². The highest BCUT2D eigenvalue weighted by Crippen LogP contribution is 2.20. The minimum Gasteiger partial charge on any atom is -0.382 e. The van der Waals surface area contributed by atoms with Gasteiger partial charge in [-0.05, 0) is 36.8 Å². The Kier molecular flexibility index (Phi) is 3.99. The van der Waals surface area contributed by atoms with E-state index in [9.17, 15) is 4.79 Å². The van der Waals surface area contributed by atoms with Crippen molar-refractivity contribution >= 4 is 29.0 Å². The van der Waals surface area contributed by atoms with E-state index in [2.05, 4.69) is 15.6 Å². The molecule has 0 aliphatic carbocycles. The molecule has 6 nitrogen and oxygen atoms in total. The van der Waals surface area contributed by atoms with Crippen LogP contribution in [0.5, 0.6) is 0 Å². The van der Waals surface area contributed by atoms with Gasteiger partial charge in [-0.2, -0.15) is 4.68 Å². The summed E-state index contributed by atoms with van der Waals surface area (Å²) in [7, 11) is 0. The summed E-state index contributed by atoms with van der Waals surface area (Å²) in [6.07, 6.45) is 0. The third kappa shape index (κ3) is 3.02. The van der Waals surface area contributed by atoms with E-state index in [1.165, 1.54) is 4.68 Å². The number of hydrogen-bond donors (Lipinski definition) is 2. The van der Waals surface area contributed by atoms with Gasteiger partial charge in [0.25, 0.3) is 5.91 Å². The predicted octanol–water partition coefficient (Wildman–Crippen LogP) is 3.06. The van der Waals surface area contributed by atoms with Crippen molar-refractivity contribution in [3.63, 3.8) is 0 Å². The largest absolute Gasteiger partial charge is 0.382 e. The Hall–Kier alpha value is -2.86. The average molecular weight is 328 g/mol. The zero-order chi connectivity index (χ0) is 16.4. The molecule has 0 saturated carbocycles. The lowest BCUT2D eigenvalue weighted by atomic mass is 10.2. The molecule has 1 heterocycles. The van der Waals surface area contributed by atoms with Crippen molar-refractivity contribution in [2.75, 3.05) is 11.1 Å². The number of para-hydroxylation sites is 1. The zero-order valence-corrected chi connectivity index (χ0v) is 13.1. The lowest BCUT2D eigenvalue weighted by Gasteiger charge is -2.07. The molecule has 23 heavy (non-hydrogen) atoms. The molecule has 3 N–H and O–H groups in total. The van der Waals surface area contributed by atoms with E-state index in [1.807, 2.05) is 31.2 Å². The van der Waals surface area contributed by atoms with Gasteiger partial charge in [-0.25, -0.2) is 0 Å². The second kappa shape index (κ2) is 6.10. The van der Waals surface area contributed by atoms with E-state index in [1.54, 1.807) is 24.3 Å². The van der Waals surface area contributed by atoms with Crippen molar-refractivity contribution in [2.24, 2.45) is 0 Å². The van der Waals surface area contributed by atoms with Crippen LogP contribution < -0.4 is 11.1 Å². The van der Waals surface area contributed by atoms with Gasteiger partial charge in [0.2, 0.25) is 0 Å². The molecule has 1 aromatic heterocycles. The predicted molar refractivity (Wildman–Crippen MR) is 89.9 cm³/mol. The summed E-state index contributed by atoms with van der Waals surface area (Å²) in [5.41, 5.74) is 8.42. The highest BCUT2D eigenvalue weighted by atomic mass is 35.5. The summed E-state index contributed by atoms with van der Waals surface area (Å²) in [5, 5.41) is 11.1. The van der Waals surface area contributed by atoms with Crippen LogP contribution in [-0.4, -0.2) is 20.9 Å².